The fourth-order valence-corrected chi connectivity index (χ4v) is 2.88. The lowest BCUT2D eigenvalue weighted by Gasteiger charge is -2.13. The van der Waals surface area contributed by atoms with Gasteiger partial charge in [0.15, 0.2) is 0 Å². The molecule has 0 amide bonds. The molecule has 0 saturated carbocycles. The number of carbonyl (C=O) groups is 1. The first-order valence-electron chi connectivity index (χ1n) is 6.11. The fourth-order valence-electron chi connectivity index (χ4n) is 1.85. The minimum absolute atomic E-state index is 0.226. The largest absolute Gasteiger partial charge is 0.468 e. The summed E-state index contributed by atoms with van der Waals surface area (Å²) >= 11 is 1.65. The molecule has 0 bridgehead atoms. The van der Waals surface area contributed by atoms with E-state index in [1.807, 2.05) is 12.1 Å². The highest BCUT2D eigenvalue weighted by atomic mass is 32.2. The molecule has 2 aromatic carbocycles. The van der Waals surface area contributed by atoms with E-state index in [2.05, 4.69) is 35.6 Å². The summed E-state index contributed by atoms with van der Waals surface area (Å²) in [4.78, 5) is 12.6. The van der Waals surface area contributed by atoms with Crippen LogP contribution in [-0.4, -0.2) is 31.9 Å². The first-order valence-corrected chi connectivity index (χ1v) is 7.10. The van der Waals surface area contributed by atoms with Crippen molar-refractivity contribution in [3.05, 3.63) is 42.5 Å². The monoisotopic (exact) mass is 275 g/mol. The van der Waals surface area contributed by atoms with Gasteiger partial charge in [-0.1, -0.05) is 30.3 Å². The molecule has 19 heavy (non-hydrogen) atoms. The van der Waals surface area contributed by atoms with Crippen LogP contribution in [0.5, 0.6) is 0 Å². The molecule has 0 saturated heterocycles. The zero-order chi connectivity index (χ0) is 13.7. The van der Waals surface area contributed by atoms with Crippen molar-refractivity contribution in [2.45, 2.75) is 10.9 Å². The second-order valence-corrected chi connectivity index (χ2v) is 5.28. The molecule has 1 atom stereocenters. The minimum Gasteiger partial charge on any atom is -0.468 e. The summed E-state index contributed by atoms with van der Waals surface area (Å²) in [5.74, 6) is 0.428. The van der Waals surface area contributed by atoms with Crippen LogP contribution in [0.1, 0.15) is 0 Å². The van der Waals surface area contributed by atoms with Gasteiger partial charge in [0.05, 0.1) is 7.11 Å². The number of likely N-dealkylation sites (N-methyl/N-ethyl adjacent to an activating group) is 1. The molecule has 0 aromatic heterocycles. The van der Waals surface area contributed by atoms with Gasteiger partial charge in [0.25, 0.3) is 0 Å². The zero-order valence-corrected chi connectivity index (χ0v) is 11.9. The smallest absolute Gasteiger partial charge is 0.323 e. The number of fused-ring (bicyclic) bond motifs is 1. The van der Waals surface area contributed by atoms with E-state index in [-0.39, 0.29) is 12.0 Å². The van der Waals surface area contributed by atoms with Crippen molar-refractivity contribution in [1.82, 2.24) is 5.32 Å². The van der Waals surface area contributed by atoms with Gasteiger partial charge in [0.1, 0.15) is 6.04 Å². The number of rotatable bonds is 5. The maximum atomic E-state index is 11.5. The molecule has 1 N–H and O–H groups in total. The van der Waals surface area contributed by atoms with Crippen LogP contribution in [0, 0.1) is 0 Å². The molecular formula is C15H17NO2S. The second-order valence-electron chi connectivity index (χ2n) is 4.18. The van der Waals surface area contributed by atoms with Crippen LogP contribution < -0.4 is 5.32 Å². The van der Waals surface area contributed by atoms with Crippen molar-refractivity contribution in [2.75, 3.05) is 19.9 Å². The Morgan fingerprint density at radius 3 is 2.68 bits per heavy atom. The van der Waals surface area contributed by atoms with Gasteiger partial charge in [-0.2, -0.15) is 0 Å². The van der Waals surface area contributed by atoms with Crippen molar-refractivity contribution < 1.29 is 9.53 Å². The van der Waals surface area contributed by atoms with Gasteiger partial charge in [-0.25, -0.2) is 0 Å². The van der Waals surface area contributed by atoms with E-state index < -0.39 is 0 Å². The van der Waals surface area contributed by atoms with Crippen molar-refractivity contribution in [1.29, 1.82) is 0 Å². The Bertz CT molecular complexity index is 571. The molecule has 0 heterocycles. The lowest BCUT2D eigenvalue weighted by Crippen LogP contribution is -2.37. The van der Waals surface area contributed by atoms with Crippen LogP contribution in [0.4, 0.5) is 0 Å². The summed E-state index contributed by atoms with van der Waals surface area (Å²) in [6.07, 6.45) is 0. The zero-order valence-electron chi connectivity index (χ0n) is 11.1. The second kappa shape index (κ2) is 6.59. The van der Waals surface area contributed by atoms with Gasteiger partial charge in [-0.15, -0.1) is 11.8 Å². The molecule has 0 radical (unpaired) electrons. The molecule has 0 aliphatic carbocycles. The van der Waals surface area contributed by atoms with Gasteiger partial charge in [0.2, 0.25) is 0 Å². The van der Waals surface area contributed by atoms with Gasteiger partial charge in [0, 0.05) is 10.6 Å². The van der Waals surface area contributed by atoms with E-state index >= 15 is 0 Å². The van der Waals surface area contributed by atoms with E-state index in [0.717, 1.165) is 4.90 Å². The number of esters is 1. The van der Waals surface area contributed by atoms with E-state index in [0.29, 0.717) is 5.75 Å². The molecular weight excluding hydrogens is 258 g/mol. The molecule has 0 spiro atoms. The maximum Gasteiger partial charge on any atom is 0.323 e. The van der Waals surface area contributed by atoms with Crippen molar-refractivity contribution >= 4 is 28.5 Å². The number of ether oxygens (including phenoxy) is 1. The normalized spacial score (nSPS) is 12.3. The van der Waals surface area contributed by atoms with Crippen LogP contribution in [0.3, 0.4) is 0 Å². The van der Waals surface area contributed by atoms with Gasteiger partial charge in [-0.3, -0.25) is 4.79 Å². The predicted octanol–water partition coefficient (Wildman–Crippen LogP) is 2.69. The highest BCUT2D eigenvalue weighted by molar-refractivity contribution is 7.99. The Balaban J connectivity index is 2.07. The maximum absolute atomic E-state index is 11.5. The van der Waals surface area contributed by atoms with E-state index in [9.17, 15) is 4.79 Å². The van der Waals surface area contributed by atoms with E-state index in [1.54, 1.807) is 18.8 Å². The third kappa shape index (κ3) is 3.49. The van der Waals surface area contributed by atoms with Crippen LogP contribution >= 0.6 is 11.8 Å². The number of benzene rings is 2. The fraction of sp³-hybridized carbons (Fsp3) is 0.267. The highest BCUT2D eigenvalue weighted by Crippen LogP contribution is 2.24. The van der Waals surface area contributed by atoms with Crippen LogP contribution in [0.15, 0.2) is 47.4 Å². The lowest BCUT2D eigenvalue weighted by molar-refractivity contribution is -0.142. The van der Waals surface area contributed by atoms with E-state index in [1.165, 1.54) is 17.9 Å². The summed E-state index contributed by atoms with van der Waals surface area (Å²) in [5, 5.41) is 5.41. The SMILES string of the molecule is CNC(CSc1ccc2ccccc2c1)C(=O)OC. The third-order valence-electron chi connectivity index (χ3n) is 2.97. The van der Waals surface area contributed by atoms with Crippen molar-refractivity contribution in [3.63, 3.8) is 0 Å². The molecule has 100 valence electrons. The quantitative estimate of drug-likeness (QED) is 0.672. The summed E-state index contributed by atoms with van der Waals surface area (Å²) in [6, 6.07) is 14.3. The number of methoxy groups -OCH3 is 1. The highest BCUT2D eigenvalue weighted by Gasteiger charge is 2.16. The molecule has 0 aliphatic heterocycles. The average Bonchev–Trinajstić information content (AvgIpc) is 2.47. The topological polar surface area (TPSA) is 38.3 Å². The van der Waals surface area contributed by atoms with Crippen LogP contribution in [-0.2, 0) is 9.53 Å². The lowest BCUT2D eigenvalue weighted by atomic mass is 10.1. The van der Waals surface area contributed by atoms with Gasteiger partial charge < -0.3 is 10.1 Å². The molecule has 3 nitrogen and oxygen atoms in total. The predicted molar refractivity (Wildman–Crippen MR) is 79.5 cm³/mol. The Morgan fingerprint density at radius 1 is 1.26 bits per heavy atom. The summed E-state index contributed by atoms with van der Waals surface area (Å²) in [5.41, 5.74) is 0. The van der Waals surface area contributed by atoms with Crippen LogP contribution in [0.2, 0.25) is 0 Å². The Labute approximate surface area is 117 Å². The minimum atomic E-state index is -0.276. The summed E-state index contributed by atoms with van der Waals surface area (Å²) in [7, 11) is 3.18. The summed E-state index contributed by atoms with van der Waals surface area (Å²) in [6.45, 7) is 0. The van der Waals surface area contributed by atoms with E-state index in [4.69, 9.17) is 4.74 Å². The Hall–Kier alpha value is -1.52. The van der Waals surface area contributed by atoms with Crippen molar-refractivity contribution in [2.24, 2.45) is 0 Å². The first-order chi connectivity index (χ1) is 9.24. The van der Waals surface area contributed by atoms with Gasteiger partial charge >= 0.3 is 5.97 Å². The number of hydrogen-bond acceptors (Lipinski definition) is 4. The summed E-state index contributed by atoms with van der Waals surface area (Å²) < 4.78 is 4.75. The molecule has 0 aliphatic rings. The van der Waals surface area contributed by atoms with Crippen LogP contribution in [0.25, 0.3) is 10.8 Å². The standard InChI is InChI=1S/C15H17NO2S/c1-16-14(15(17)18-2)10-19-13-8-7-11-5-3-4-6-12(11)9-13/h3-9,14,16H,10H2,1-2H3. The average molecular weight is 275 g/mol. The first kappa shape index (κ1) is 13.9. The number of thioether (sulfide) groups is 1. The Kier molecular flexibility index (Phi) is 4.82. The number of carbonyl (C=O) groups excluding carboxylic acids is 1. The number of hydrogen-bond donors (Lipinski definition) is 1. The molecule has 2 aromatic rings. The number of nitrogens with one attached hydrogen (secondary N) is 1. The molecule has 0 fully saturated rings. The molecule has 2 rings (SSSR count). The molecule has 1 unspecified atom stereocenters. The van der Waals surface area contributed by atoms with Gasteiger partial charge in [-0.05, 0) is 30.0 Å². The third-order valence-corrected chi connectivity index (χ3v) is 4.06. The molecule has 4 heteroatoms. The Morgan fingerprint density at radius 2 is 2.00 bits per heavy atom. The van der Waals surface area contributed by atoms with Crippen molar-refractivity contribution in [3.8, 4) is 0 Å².